The molecule has 1 unspecified atom stereocenters. The van der Waals surface area contributed by atoms with Crippen LogP contribution in [0.3, 0.4) is 0 Å². The first-order valence-electron chi connectivity index (χ1n) is 11.1. The van der Waals surface area contributed by atoms with Crippen molar-refractivity contribution in [1.29, 1.82) is 0 Å². The summed E-state index contributed by atoms with van der Waals surface area (Å²) in [5.41, 5.74) is 1.78. The molecule has 3 amide bonds. The third-order valence-electron chi connectivity index (χ3n) is 5.97. The number of rotatable bonds is 7. The van der Waals surface area contributed by atoms with E-state index in [0.29, 0.717) is 17.1 Å². The van der Waals surface area contributed by atoms with E-state index in [0.717, 1.165) is 22.1 Å². The lowest BCUT2D eigenvalue weighted by Gasteiger charge is -2.28. The highest BCUT2D eigenvalue weighted by atomic mass is 35.5. The fraction of sp³-hybridized carbons (Fsp3) is 0.192. The standard InChI is InChI=1S/C26H21Cl2N3O5/c1-16-5-8-20(9-6-16)30-24(32)15-23(26(30)34)29(12-11-17-3-2-4-19(27)13-17)25(33)18-7-10-21(28)22(14-18)31(35)36/h2-10,13-14,23H,11-12,15H2,1H3. The van der Waals surface area contributed by atoms with Crippen LogP contribution < -0.4 is 4.90 Å². The van der Waals surface area contributed by atoms with Gasteiger partial charge >= 0.3 is 0 Å². The first-order chi connectivity index (χ1) is 17.2. The molecule has 0 aromatic heterocycles. The Bertz CT molecular complexity index is 1360. The van der Waals surface area contributed by atoms with Crippen molar-refractivity contribution in [3.05, 3.63) is 104 Å². The van der Waals surface area contributed by atoms with Gasteiger partial charge < -0.3 is 4.90 Å². The maximum absolute atomic E-state index is 13.6. The van der Waals surface area contributed by atoms with E-state index in [2.05, 4.69) is 0 Å². The molecule has 3 aromatic rings. The van der Waals surface area contributed by atoms with Gasteiger partial charge in [0.2, 0.25) is 5.91 Å². The average Bonchev–Trinajstić information content (AvgIpc) is 3.13. The molecule has 1 aliphatic heterocycles. The monoisotopic (exact) mass is 525 g/mol. The van der Waals surface area contributed by atoms with Crippen LogP contribution in [0.2, 0.25) is 10.0 Å². The molecule has 3 aromatic carbocycles. The van der Waals surface area contributed by atoms with Gasteiger partial charge in [-0.3, -0.25) is 24.5 Å². The molecule has 8 nitrogen and oxygen atoms in total. The van der Waals surface area contributed by atoms with Crippen LogP contribution in [0, 0.1) is 17.0 Å². The van der Waals surface area contributed by atoms with Crippen molar-refractivity contribution in [2.75, 3.05) is 11.4 Å². The largest absolute Gasteiger partial charge is 0.326 e. The van der Waals surface area contributed by atoms with Gasteiger partial charge in [0.1, 0.15) is 11.1 Å². The van der Waals surface area contributed by atoms with E-state index in [1.165, 1.54) is 17.0 Å². The van der Waals surface area contributed by atoms with E-state index in [9.17, 15) is 24.5 Å². The lowest BCUT2D eigenvalue weighted by molar-refractivity contribution is -0.384. The summed E-state index contributed by atoms with van der Waals surface area (Å²) in [6.45, 7) is 1.97. The van der Waals surface area contributed by atoms with Crippen molar-refractivity contribution >= 4 is 52.3 Å². The van der Waals surface area contributed by atoms with Gasteiger partial charge in [-0.05, 0) is 55.3 Å². The van der Waals surface area contributed by atoms with E-state index >= 15 is 0 Å². The van der Waals surface area contributed by atoms with Crippen molar-refractivity contribution < 1.29 is 19.3 Å². The van der Waals surface area contributed by atoms with E-state index in [-0.39, 0.29) is 23.6 Å². The molecule has 184 valence electrons. The molecule has 0 radical (unpaired) electrons. The highest BCUT2D eigenvalue weighted by Gasteiger charge is 2.44. The fourth-order valence-electron chi connectivity index (χ4n) is 4.12. The van der Waals surface area contributed by atoms with Gasteiger partial charge in [-0.15, -0.1) is 0 Å². The molecule has 0 saturated carbocycles. The molecular formula is C26H21Cl2N3O5. The van der Waals surface area contributed by atoms with Crippen molar-refractivity contribution in [3.8, 4) is 0 Å². The number of benzene rings is 3. The predicted octanol–water partition coefficient (Wildman–Crippen LogP) is 5.23. The lowest BCUT2D eigenvalue weighted by Crippen LogP contribution is -2.46. The molecule has 0 N–H and O–H groups in total. The van der Waals surface area contributed by atoms with Crippen molar-refractivity contribution in [2.24, 2.45) is 0 Å². The van der Waals surface area contributed by atoms with Gasteiger partial charge in [-0.2, -0.15) is 0 Å². The molecule has 1 atom stereocenters. The number of aryl methyl sites for hydroxylation is 1. The zero-order valence-corrected chi connectivity index (χ0v) is 20.7. The fourth-order valence-corrected chi connectivity index (χ4v) is 4.52. The topological polar surface area (TPSA) is 101 Å². The summed E-state index contributed by atoms with van der Waals surface area (Å²) in [5.74, 6) is -1.59. The van der Waals surface area contributed by atoms with Crippen LogP contribution in [-0.2, 0) is 16.0 Å². The Morgan fingerprint density at radius 1 is 1.08 bits per heavy atom. The molecule has 1 heterocycles. The van der Waals surface area contributed by atoms with Crippen LogP contribution in [0.1, 0.15) is 27.9 Å². The molecule has 0 aliphatic carbocycles. The summed E-state index contributed by atoms with van der Waals surface area (Å²) in [6.07, 6.45) is 0.147. The Morgan fingerprint density at radius 2 is 1.81 bits per heavy atom. The number of carbonyl (C=O) groups is 3. The van der Waals surface area contributed by atoms with Crippen LogP contribution >= 0.6 is 23.2 Å². The maximum Gasteiger partial charge on any atom is 0.288 e. The number of carbonyl (C=O) groups excluding carboxylic acids is 3. The van der Waals surface area contributed by atoms with Crippen molar-refractivity contribution in [2.45, 2.75) is 25.8 Å². The molecule has 1 aliphatic rings. The highest BCUT2D eigenvalue weighted by Crippen LogP contribution is 2.30. The summed E-state index contributed by atoms with van der Waals surface area (Å²) in [4.78, 5) is 53.0. The summed E-state index contributed by atoms with van der Waals surface area (Å²) < 4.78 is 0. The van der Waals surface area contributed by atoms with Crippen LogP contribution in [-0.4, -0.2) is 40.1 Å². The Morgan fingerprint density at radius 3 is 2.47 bits per heavy atom. The summed E-state index contributed by atoms with van der Waals surface area (Å²) in [6, 6.07) is 16.6. The normalized spacial score (nSPS) is 15.3. The molecule has 10 heteroatoms. The maximum atomic E-state index is 13.6. The van der Waals surface area contributed by atoms with E-state index in [1.807, 2.05) is 13.0 Å². The predicted molar refractivity (Wildman–Crippen MR) is 136 cm³/mol. The lowest BCUT2D eigenvalue weighted by atomic mass is 10.1. The quantitative estimate of drug-likeness (QED) is 0.239. The Hall–Kier alpha value is -3.75. The minimum absolute atomic E-state index is 0.00812. The second-order valence-electron chi connectivity index (χ2n) is 8.42. The minimum Gasteiger partial charge on any atom is -0.326 e. The summed E-state index contributed by atoms with van der Waals surface area (Å²) >= 11 is 12.0. The smallest absolute Gasteiger partial charge is 0.288 e. The Kier molecular flexibility index (Phi) is 7.37. The van der Waals surface area contributed by atoms with E-state index < -0.39 is 34.4 Å². The van der Waals surface area contributed by atoms with Crippen LogP contribution in [0.15, 0.2) is 66.7 Å². The van der Waals surface area contributed by atoms with Gasteiger partial charge in [0.15, 0.2) is 0 Å². The molecule has 4 rings (SSSR count). The van der Waals surface area contributed by atoms with Gasteiger partial charge in [0.25, 0.3) is 17.5 Å². The third kappa shape index (κ3) is 5.24. The van der Waals surface area contributed by atoms with Gasteiger partial charge in [-0.1, -0.05) is 53.0 Å². The summed E-state index contributed by atoms with van der Waals surface area (Å²) in [5, 5.41) is 11.8. The zero-order chi connectivity index (χ0) is 26.0. The zero-order valence-electron chi connectivity index (χ0n) is 19.2. The SMILES string of the molecule is Cc1ccc(N2C(=O)CC(N(CCc3cccc(Cl)c3)C(=O)c3ccc(Cl)c([N+](=O)[O-])c3)C2=O)cc1. The molecular weight excluding hydrogens is 505 g/mol. The van der Waals surface area contributed by atoms with Gasteiger partial charge in [-0.25, -0.2) is 4.90 Å². The first-order valence-corrected chi connectivity index (χ1v) is 11.8. The van der Waals surface area contributed by atoms with Crippen LogP contribution in [0.5, 0.6) is 0 Å². The average molecular weight is 526 g/mol. The Balaban J connectivity index is 1.68. The number of hydrogen-bond acceptors (Lipinski definition) is 5. The number of amides is 3. The van der Waals surface area contributed by atoms with Crippen LogP contribution in [0.4, 0.5) is 11.4 Å². The Labute approximate surface area is 217 Å². The molecule has 1 saturated heterocycles. The van der Waals surface area contributed by atoms with Crippen molar-refractivity contribution in [3.63, 3.8) is 0 Å². The van der Waals surface area contributed by atoms with E-state index in [1.54, 1.807) is 42.5 Å². The molecule has 1 fully saturated rings. The molecule has 36 heavy (non-hydrogen) atoms. The number of imide groups is 1. The number of hydrogen-bond donors (Lipinski definition) is 0. The molecule has 0 spiro atoms. The van der Waals surface area contributed by atoms with E-state index in [4.69, 9.17) is 23.2 Å². The second kappa shape index (κ2) is 10.5. The minimum atomic E-state index is -1.07. The number of nitrogens with zero attached hydrogens (tertiary/aromatic N) is 3. The highest BCUT2D eigenvalue weighted by molar-refractivity contribution is 6.32. The first kappa shape index (κ1) is 25.3. The number of halogens is 2. The molecule has 0 bridgehead atoms. The second-order valence-corrected chi connectivity index (χ2v) is 9.27. The van der Waals surface area contributed by atoms with Gasteiger partial charge in [0.05, 0.1) is 17.0 Å². The summed E-state index contributed by atoms with van der Waals surface area (Å²) in [7, 11) is 0. The number of nitro benzene ring substituents is 1. The number of anilines is 1. The third-order valence-corrected chi connectivity index (χ3v) is 6.53. The number of nitro groups is 1. The van der Waals surface area contributed by atoms with Crippen LogP contribution in [0.25, 0.3) is 0 Å². The van der Waals surface area contributed by atoms with Crippen molar-refractivity contribution in [1.82, 2.24) is 4.90 Å². The van der Waals surface area contributed by atoms with Gasteiger partial charge in [0, 0.05) is 23.2 Å².